The van der Waals surface area contributed by atoms with Crippen molar-refractivity contribution in [2.24, 2.45) is 0 Å². The van der Waals surface area contributed by atoms with Crippen molar-refractivity contribution in [3.05, 3.63) is 46.5 Å². The van der Waals surface area contributed by atoms with Crippen LogP contribution in [0.1, 0.15) is 18.2 Å². The number of aromatic nitrogens is 5. The number of methoxy groups -OCH3 is 1. The first-order valence-corrected chi connectivity index (χ1v) is 9.27. The third-order valence-electron chi connectivity index (χ3n) is 5.16. The maximum absolute atomic E-state index is 13.9. The molecule has 0 bridgehead atoms. The van der Waals surface area contributed by atoms with Crippen LogP contribution in [-0.4, -0.2) is 51.0 Å². The number of nitrogens with zero attached hydrogens (tertiary/aromatic N) is 5. The van der Waals surface area contributed by atoms with E-state index in [4.69, 9.17) is 14.0 Å². The minimum absolute atomic E-state index is 0.0727. The number of rotatable bonds is 5. The van der Waals surface area contributed by atoms with Gasteiger partial charge in [0.05, 0.1) is 24.2 Å². The van der Waals surface area contributed by atoms with E-state index in [1.54, 1.807) is 17.6 Å². The second-order valence-electron chi connectivity index (χ2n) is 6.91. The van der Waals surface area contributed by atoms with Crippen LogP contribution in [0, 0.1) is 5.82 Å². The number of ether oxygens (including phenoxy) is 2. The monoisotopic (exact) mass is 399 g/mol. The summed E-state index contributed by atoms with van der Waals surface area (Å²) in [5.74, 6) is 0.360. The van der Waals surface area contributed by atoms with Gasteiger partial charge in [0.25, 0.3) is 11.4 Å². The first-order chi connectivity index (χ1) is 14.2. The lowest BCUT2D eigenvalue weighted by molar-refractivity contribution is 0.187. The average molecular weight is 399 g/mol. The molecule has 1 aliphatic rings. The van der Waals surface area contributed by atoms with Gasteiger partial charge < -0.3 is 18.6 Å². The molecule has 3 aromatic heterocycles. The van der Waals surface area contributed by atoms with E-state index in [0.29, 0.717) is 42.4 Å². The zero-order valence-electron chi connectivity index (χ0n) is 15.7. The smallest absolute Gasteiger partial charge is 0.278 e. The fourth-order valence-electron chi connectivity index (χ4n) is 3.69. The number of hydrogen-bond acceptors (Lipinski definition) is 7. The van der Waals surface area contributed by atoms with E-state index >= 15 is 0 Å². The molecule has 4 aromatic rings. The van der Waals surface area contributed by atoms with E-state index in [9.17, 15) is 9.18 Å². The molecule has 0 aliphatic carbocycles. The van der Waals surface area contributed by atoms with Gasteiger partial charge in [-0.2, -0.15) is 4.98 Å². The predicted octanol–water partition coefficient (Wildman–Crippen LogP) is 1.99. The number of halogens is 1. The molecule has 1 fully saturated rings. The Morgan fingerprint density at radius 3 is 3.03 bits per heavy atom. The fourth-order valence-corrected chi connectivity index (χ4v) is 3.69. The van der Waals surface area contributed by atoms with Crippen LogP contribution in [0.4, 0.5) is 4.39 Å². The molecule has 1 atom stereocenters. The van der Waals surface area contributed by atoms with Gasteiger partial charge in [0.15, 0.2) is 11.5 Å². The van der Waals surface area contributed by atoms with Crippen molar-refractivity contribution in [2.45, 2.75) is 18.9 Å². The third kappa shape index (κ3) is 2.91. The topological polar surface area (TPSA) is 96.7 Å². The van der Waals surface area contributed by atoms with Crippen LogP contribution >= 0.6 is 0 Å². The summed E-state index contributed by atoms with van der Waals surface area (Å²) in [6, 6.07) is 4.29. The van der Waals surface area contributed by atoms with Crippen LogP contribution in [0.5, 0.6) is 0 Å². The van der Waals surface area contributed by atoms with Crippen molar-refractivity contribution in [3.8, 4) is 11.6 Å². The molecular formula is C19H18FN5O4. The van der Waals surface area contributed by atoms with Gasteiger partial charge in [-0.3, -0.25) is 9.20 Å². The van der Waals surface area contributed by atoms with E-state index in [1.165, 1.54) is 23.0 Å². The summed E-state index contributed by atoms with van der Waals surface area (Å²) >= 11 is 0. The normalized spacial score (nSPS) is 17.0. The Bertz CT molecular complexity index is 1250. The summed E-state index contributed by atoms with van der Waals surface area (Å²) in [4.78, 5) is 22.1. The SMILES string of the molecule is COCCn1c(=O)c2c(-c3nc(C4CCOC4)no3)ncn2c2ccc(F)cc21. The summed E-state index contributed by atoms with van der Waals surface area (Å²) in [5.41, 5.74) is 1.34. The van der Waals surface area contributed by atoms with Gasteiger partial charge in [-0.25, -0.2) is 9.37 Å². The zero-order chi connectivity index (χ0) is 20.0. The molecular weight excluding hydrogens is 381 g/mol. The van der Waals surface area contributed by atoms with Crippen LogP contribution < -0.4 is 5.56 Å². The van der Waals surface area contributed by atoms with Crippen LogP contribution in [0.15, 0.2) is 33.8 Å². The second kappa shape index (κ2) is 7.05. The first kappa shape index (κ1) is 18.0. The molecule has 150 valence electrons. The first-order valence-electron chi connectivity index (χ1n) is 9.27. The second-order valence-corrected chi connectivity index (χ2v) is 6.91. The number of benzene rings is 1. The number of imidazole rings is 1. The van der Waals surface area contributed by atoms with E-state index < -0.39 is 5.82 Å². The van der Waals surface area contributed by atoms with Crippen LogP contribution in [0.2, 0.25) is 0 Å². The van der Waals surface area contributed by atoms with E-state index in [0.717, 1.165) is 6.42 Å². The van der Waals surface area contributed by atoms with Crippen LogP contribution in [0.25, 0.3) is 28.1 Å². The van der Waals surface area contributed by atoms with E-state index in [-0.39, 0.29) is 29.4 Å². The maximum atomic E-state index is 13.9. The summed E-state index contributed by atoms with van der Waals surface area (Å²) < 4.78 is 32.9. The van der Waals surface area contributed by atoms with Gasteiger partial charge in [0.1, 0.15) is 17.7 Å². The molecule has 10 heteroatoms. The maximum Gasteiger partial charge on any atom is 0.278 e. The van der Waals surface area contributed by atoms with E-state index in [1.807, 2.05) is 0 Å². The van der Waals surface area contributed by atoms with Crippen LogP contribution in [0.3, 0.4) is 0 Å². The average Bonchev–Trinajstić information content (AvgIpc) is 3.46. The lowest BCUT2D eigenvalue weighted by Crippen LogP contribution is -2.25. The zero-order valence-corrected chi connectivity index (χ0v) is 15.7. The van der Waals surface area contributed by atoms with Crippen molar-refractivity contribution in [3.63, 3.8) is 0 Å². The molecule has 0 spiro atoms. The molecule has 1 saturated heterocycles. The highest BCUT2D eigenvalue weighted by molar-refractivity contribution is 5.83. The molecule has 0 saturated carbocycles. The minimum Gasteiger partial charge on any atom is -0.383 e. The fraction of sp³-hybridized carbons (Fsp3) is 0.368. The molecule has 1 aromatic carbocycles. The van der Waals surface area contributed by atoms with Gasteiger partial charge in [-0.1, -0.05) is 5.16 Å². The standard InChI is InChI=1S/C19H18FN5O4/c1-27-7-5-24-14-8-12(20)2-3-13(14)25-10-21-15(16(25)19(24)26)18-22-17(23-29-18)11-4-6-28-9-11/h2-3,8,10-11H,4-7,9H2,1H3. The van der Waals surface area contributed by atoms with Crippen molar-refractivity contribution < 1.29 is 18.4 Å². The van der Waals surface area contributed by atoms with Crippen molar-refractivity contribution >= 4 is 16.6 Å². The molecule has 1 unspecified atom stereocenters. The largest absolute Gasteiger partial charge is 0.383 e. The number of fused-ring (bicyclic) bond motifs is 3. The van der Waals surface area contributed by atoms with E-state index in [2.05, 4.69) is 15.1 Å². The summed E-state index contributed by atoms with van der Waals surface area (Å²) in [6.45, 7) is 1.78. The van der Waals surface area contributed by atoms with Crippen LogP contribution in [-0.2, 0) is 16.0 Å². The Hall–Kier alpha value is -3.11. The van der Waals surface area contributed by atoms with Gasteiger partial charge >= 0.3 is 0 Å². The van der Waals surface area contributed by atoms with Crippen molar-refractivity contribution in [1.29, 1.82) is 0 Å². The quantitative estimate of drug-likeness (QED) is 0.506. The summed E-state index contributed by atoms with van der Waals surface area (Å²) in [5, 5.41) is 4.04. The highest BCUT2D eigenvalue weighted by atomic mass is 19.1. The predicted molar refractivity (Wildman–Crippen MR) is 100 cm³/mol. The molecule has 0 radical (unpaired) electrons. The molecule has 29 heavy (non-hydrogen) atoms. The Morgan fingerprint density at radius 2 is 2.24 bits per heavy atom. The minimum atomic E-state index is -0.428. The van der Waals surface area contributed by atoms with Gasteiger partial charge in [-0.05, 0) is 24.6 Å². The Kier molecular flexibility index (Phi) is 4.36. The Labute approximate surface area is 163 Å². The highest BCUT2D eigenvalue weighted by Gasteiger charge is 2.26. The lowest BCUT2D eigenvalue weighted by Gasteiger charge is -2.12. The third-order valence-corrected chi connectivity index (χ3v) is 5.16. The molecule has 5 rings (SSSR count). The summed E-state index contributed by atoms with van der Waals surface area (Å²) in [7, 11) is 1.54. The highest BCUT2D eigenvalue weighted by Crippen LogP contribution is 2.27. The van der Waals surface area contributed by atoms with Gasteiger partial charge in [0.2, 0.25) is 0 Å². The van der Waals surface area contributed by atoms with Crippen molar-refractivity contribution in [1.82, 2.24) is 24.1 Å². The molecule has 0 amide bonds. The molecule has 1 aliphatic heterocycles. The Morgan fingerprint density at radius 1 is 1.34 bits per heavy atom. The Balaban J connectivity index is 1.72. The van der Waals surface area contributed by atoms with Crippen molar-refractivity contribution in [2.75, 3.05) is 26.9 Å². The molecule has 4 heterocycles. The van der Waals surface area contributed by atoms with Gasteiger partial charge in [0, 0.05) is 26.2 Å². The number of hydrogen-bond donors (Lipinski definition) is 0. The molecule has 0 N–H and O–H groups in total. The summed E-state index contributed by atoms with van der Waals surface area (Å²) in [6.07, 6.45) is 2.33. The van der Waals surface area contributed by atoms with Gasteiger partial charge in [-0.15, -0.1) is 0 Å². The lowest BCUT2D eigenvalue weighted by atomic mass is 10.1. The molecule has 9 nitrogen and oxygen atoms in total.